The molecule has 0 bridgehead atoms. The molecule has 1 atom stereocenters. The molecule has 0 aromatic carbocycles. The van der Waals surface area contributed by atoms with E-state index < -0.39 is 0 Å². The zero-order valence-corrected chi connectivity index (χ0v) is 10.6. The standard InChI is InChI=1S/C13H23N3O/c1-2-8-16-12(4-7-15-16)11(9-14)13(10-17)5-3-6-13/h4,7,11,17H,2-3,5-6,8-10,14H2,1H3. The van der Waals surface area contributed by atoms with Gasteiger partial charge in [0, 0.05) is 42.9 Å². The van der Waals surface area contributed by atoms with Gasteiger partial charge in [0.1, 0.15) is 0 Å². The smallest absolute Gasteiger partial charge is 0.0494 e. The van der Waals surface area contributed by atoms with Crippen LogP contribution in [0, 0.1) is 5.41 Å². The summed E-state index contributed by atoms with van der Waals surface area (Å²) in [5.74, 6) is 0.246. The Hall–Kier alpha value is -0.870. The molecule has 1 aliphatic rings. The molecule has 1 fully saturated rings. The average molecular weight is 237 g/mol. The highest BCUT2D eigenvalue weighted by Gasteiger charge is 2.44. The third-order valence-corrected chi connectivity index (χ3v) is 4.18. The normalized spacial score (nSPS) is 19.9. The minimum Gasteiger partial charge on any atom is -0.396 e. The summed E-state index contributed by atoms with van der Waals surface area (Å²) < 4.78 is 2.05. The van der Waals surface area contributed by atoms with Crippen LogP contribution in [0.4, 0.5) is 0 Å². The van der Waals surface area contributed by atoms with Gasteiger partial charge in [0.05, 0.1) is 0 Å². The average Bonchev–Trinajstić information content (AvgIpc) is 2.72. The minimum atomic E-state index is 0.0142. The number of aliphatic hydroxyl groups is 1. The summed E-state index contributed by atoms with van der Waals surface area (Å²) in [6.45, 7) is 3.91. The van der Waals surface area contributed by atoms with Gasteiger partial charge in [-0.25, -0.2) is 0 Å². The van der Waals surface area contributed by atoms with E-state index in [2.05, 4.69) is 18.1 Å². The van der Waals surface area contributed by atoms with Gasteiger partial charge in [-0.1, -0.05) is 13.3 Å². The summed E-state index contributed by atoms with van der Waals surface area (Å²) in [5, 5.41) is 14.0. The predicted molar refractivity (Wildman–Crippen MR) is 67.7 cm³/mol. The Morgan fingerprint density at radius 3 is 2.82 bits per heavy atom. The van der Waals surface area contributed by atoms with Gasteiger partial charge >= 0.3 is 0 Å². The number of nitrogens with zero attached hydrogens (tertiary/aromatic N) is 2. The summed E-state index contributed by atoms with van der Waals surface area (Å²) >= 11 is 0. The molecule has 1 aromatic heterocycles. The van der Waals surface area contributed by atoms with E-state index in [-0.39, 0.29) is 17.9 Å². The second-order valence-electron chi connectivity index (χ2n) is 5.14. The molecule has 4 heteroatoms. The molecule has 1 aromatic rings. The summed E-state index contributed by atoms with van der Waals surface area (Å²) in [7, 11) is 0. The van der Waals surface area contributed by atoms with Crippen molar-refractivity contribution in [2.24, 2.45) is 11.1 Å². The number of rotatable bonds is 6. The molecule has 1 unspecified atom stereocenters. The van der Waals surface area contributed by atoms with Gasteiger partial charge < -0.3 is 10.8 Å². The van der Waals surface area contributed by atoms with Crippen molar-refractivity contribution in [1.29, 1.82) is 0 Å². The van der Waals surface area contributed by atoms with Crippen LogP contribution in [0.25, 0.3) is 0 Å². The molecule has 2 rings (SSSR count). The molecule has 0 aliphatic heterocycles. The van der Waals surface area contributed by atoms with Gasteiger partial charge in [0.15, 0.2) is 0 Å². The molecule has 0 radical (unpaired) electrons. The lowest BCUT2D eigenvalue weighted by molar-refractivity contribution is 0.0165. The van der Waals surface area contributed by atoms with Gasteiger partial charge in [0.25, 0.3) is 0 Å². The number of hydrogen-bond donors (Lipinski definition) is 2. The summed E-state index contributed by atoms with van der Waals surface area (Å²) in [6, 6.07) is 2.06. The Morgan fingerprint density at radius 1 is 1.59 bits per heavy atom. The third kappa shape index (κ3) is 2.11. The molecule has 0 amide bonds. The Bertz CT molecular complexity index is 352. The second kappa shape index (κ2) is 5.19. The Balaban J connectivity index is 2.25. The van der Waals surface area contributed by atoms with E-state index in [0.717, 1.165) is 25.8 Å². The number of aromatic nitrogens is 2. The van der Waals surface area contributed by atoms with E-state index in [0.29, 0.717) is 6.54 Å². The summed E-state index contributed by atoms with van der Waals surface area (Å²) in [4.78, 5) is 0. The van der Waals surface area contributed by atoms with E-state index in [1.165, 1.54) is 12.1 Å². The van der Waals surface area contributed by atoms with Crippen LogP contribution in [-0.4, -0.2) is 28.0 Å². The number of hydrogen-bond acceptors (Lipinski definition) is 3. The first kappa shape index (κ1) is 12.6. The van der Waals surface area contributed by atoms with E-state index >= 15 is 0 Å². The van der Waals surface area contributed by atoms with E-state index in [4.69, 9.17) is 5.73 Å². The van der Waals surface area contributed by atoms with Gasteiger partial charge in [-0.3, -0.25) is 4.68 Å². The first-order valence-electron chi connectivity index (χ1n) is 6.60. The van der Waals surface area contributed by atoms with Crippen LogP contribution in [0.3, 0.4) is 0 Å². The number of aliphatic hydroxyl groups excluding tert-OH is 1. The lowest BCUT2D eigenvalue weighted by Gasteiger charge is -2.46. The van der Waals surface area contributed by atoms with Crippen LogP contribution < -0.4 is 5.73 Å². The quantitative estimate of drug-likeness (QED) is 0.788. The molecule has 1 heterocycles. The van der Waals surface area contributed by atoms with Crippen molar-refractivity contribution in [2.45, 2.75) is 45.1 Å². The monoisotopic (exact) mass is 237 g/mol. The molecule has 17 heavy (non-hydrogen) atoms. The first-order chi connectivity index (χ1) is 8.27. The topological polar surface area (TPSA) is 64.1 Å². The summed E-state index contributed by atoms with van der Waals surface area (Å²) in [5.41, 5.74) is 7.16. The summed E-state index contributed by atoms with van der Waals surface area (Å²) in [6.07, 6.45) is 6.29. The Morgan fingerprint density at radius 2 is 2.35 bits per heavy atom. The Kier molecular flexibility index (Phi) is 3.84. The van der Waals surface area contributed by atoms with Crippen molar-refractivity contribution in [1.82, 2.24) is 9.78 Å². The maximum Gasteiger partial charge on any atom is 0.0494 e. The first-order valence-corrected chi connectivity index (χ1v) is 6.60. The van der Waals surface area contributed by atoms with Gasteiger partial charge in [-0.15, -0.1) is 0 Å². The molecule has 4 nitrogen and oxygen atoms in total. The molecule has 1 saturated carbocycles. The fourth-order valence-electron chi connectivity index (χ4n) is 2.97. The lowest BCUT2D eigenvalue weighted by atomic mass is 9.60. The largest absolute Gasteiger partial charge is 0.396 e. The van der Waals surface area contributed by atoms with Crippen molar-refractivity contribution in [3.05, 3.63) is 18.0 Å². The van der Waals surface area contributed by atoms with Crippen LogP contribution in [0.5, 0.6) is 0 Å². The Labute approximate surface area is 103 Å². The van der Waals surface area contributed by atoms with Crippen LogP contribution >= 0.6 is 0 Å². The zero-order valence-electron chi connectivity index (χ0n) is 10.6. The highest BCUT2D eigenvalue weighted by Crippen LogP contribution is 2.50. The molecule has 1 aliphatic carbocycles. The third-order valence-electron chi connectivity index (χ3n) is 4.18. The van der Waals surface area contributed by atoms with Crippen molar-refractivity contribution in [3.63, 3.8) is 0 Å². The van der Waals surface area contributed by atoms with Crippen molar-refractivity contribution in [3.8, 4) is 0 Å². The molecule has 96 valence electrons. The predicted octanol–water partition coefficient (Wildman–Crippen LogP) is 1.50. The van der Waals surface area contributed by atoms with Crippen molar-refractivity contribution in [2.75, 3.05) is 13.2 Å². The van der Waals surface area contributed by atoms with Gasteiger partial charge in [-0.2, -0.15) is 5.10 Å². The number of nitrogens with two attached hydrogens (primary N) is 1. The molecule has 0 saturated heterocycles. The van der Waals surface area contributed by atoms with Crippen LogP contribution in [0.15, 0.2) is 12.3 Å². The van der Waals surface area contributed by atoms with Crippen LogP contribution in [-0.2, 0) is 6.54 Å². The molecular formula is C13H23N3O. The number of aryl methyl sites for hydroxylation is 1. The SMILES string of the molecule is CCCn1nccc1C(CN)C1(CO)CCC1. The van der Waals surface area contributed by atoms with Crippen molar-refractivity contribution < 1.29 is 5.11 Å². The van der Waals surface area contributed by atoms with Crippen LogP contribution in [0.2, 0.25) is 0 Å². The van der Waals surface area contributed by atoms with Crippen molar-refractivity contribution >= 4 is 0 Å². The van der Waals surface area contributed by atoms with E-state index in [1.807, 2.05) is 10.9 Å². The van der Waals surface area contributed by atoms with Gasteiger partial charge in [0.2, 0.25) is 0 Å². The van der Waals surface area contributed by atoms with Crippen LogP contribution in [0.1, 0.15) is 44.2 Å². The minimum absolute atomic E-state index is 0.0142. The fourth-order valence-corrected chi connectivity index (χ4v) is 2.97. The highest BCUT2D eigenvalue weighted by molar-refractivity contribution is 5.16. The molecule has 0 spiro atoms. The lowest BCUT2D eigenvalue weighted by Crippen LogP contribution is -2.43. The molecule has 3 N–H and O–H groups in total. The highest BCUT2D eigenvalue weighted by atomic mass is 16.3. The second-order valence-corrected chi connectivity index (χ2v) is 5.14. The fraction of sp³-hybridized carbons (Fsp3) is 0.769. The molecular weight excluding hydrogens is 214 g/mol. The zero-order chi connectivity index (χ0) is 12.3. The maximum atomic E-state index is 9.67. The van der Waals surface area contributed by atoms with Gasteiger partial charge in [-0.05, 0) is 25.3 Å². The van der Waals surface area contributed by atoms with E-state index in [9.17, 15) is 5.11 Å². The van der Waals surface area contributed by atoms with E-state index in [1.54, 1.807) is 0 Å². The maximum absolute atomic E-state index is 9.67.